The van der Waals surface area contributed by atoms with Crippen LogP contribution in [0.5, 0.6) is 0 Å². The van der Waals surface area contributed by atoms with Gasteiger partial charge in [0.1, 0.15) is 0 Å². The molecule has 0 spiro atoms. The highest BCUT2D eigenvalue weighted by Crippen LogP contribution is 2.29. The molecule has 0 fully saturated rings. The zero-order chi connectivity index (χ0) is 13.9. The van der Waals surface area contributed by atoms with Crippen molar-refractivity contribution in [1.82, 2.24) is 4.98 Å². The van der Waals surface area contributed by atoms with Gasteiger partial charge < -0.3 is 10.5 Å². The van der Waals surface area contributed by atoms with Crippen LogP contribution < -0.4 is 5.73 Å². The molecule has 0 aliphatic heterocycles. The van der Waals surface area contributed by atoms with E-state index in [4.69, 9.17) is 10.5 Å². The van der Waals surface area contributed by atoms with Gasteiger partial charge in [0.15, 0.2) is 0 Å². The Kier molecular flexibility index (Phi) is 4.17. The zero-order valence-corrected chi connectivity index (χ0v) is 12.0. The molecular formula is C14H18N2O2S. The summed E-state index contributed by atoms with van der Waals surface area (Å²) in [6.45, 7) is 4.25. The molecule has 0 radical (unpaired) electrons. The second kappa shape index (κ2) is 5.67. The standard InChI is InChI=1S/C14H18N2O2S/c1-3-18-13(17)14(2,9-15)8-12-16-10-6-4-5-7-11(10)19-12/h4-7H,3,8-9,15H2,1-2H3. The number of carbonyl (C=O) groups is 1. The lowest BCUT2D eigenvalue weighted by Crippen LogP contribution is -2.39. The first-order valence-electron chi connectivity index (χ1n) is 6.31. The molecule has 0 saturated heterocycles. The summed E-state index contributed by atoms with van der Waals surface area (Å²) in [6.07, 6.45) is 0.516. The smallest absolute Gasteiger partial charge is 0.313 e. The van der Waals surface area contributed by atoms with E-state index in [1.165, 1.54) is 0 Å². The molecule has 1 aromatic heterocycles. The molecule has 0 bridgehead atoms. The highest BCUT2D eigenvalue weighted by molar-refractivity contribution is 7.18. The van der Waals surface area contributed by atoms with Gasteiger partial charge in [-0.2, -0.15) is 0 Å². The molecule has 0 aliphatic rings. The second-order valence-corrected chi connectivity index (χ2v) is 5.85. The van der Waals surface area contributed by atoms with Crippen LogP contribution in [-0.2, 0) is 16.0 Å². The van der Waals surface area contributed by atoms with Crippen molar-refractivity contribution >= 4 is 27.5 Å². The Morgan fingerprint density at radius 1 is 1.47 bits per heavy atom. The molecule has 2 aromatic rings. The Morgan fingerprint density at radius 2 is 2.21 bits per heavy atom. The summed E-state index contributed by atoms with van der Waals surface area (Å²) in [6, 6.07) is 7.94. The van der Waals surface area contributed by atoms with Crippen LogP contribution >= 0.6 is 11.3 Å². The highest BCUT2D eigenvalue weighted by atomic mass is 32.1. The first-order valence-corrected chi connectivity index (χ1v) is 7.12. The third-order valence-corrected chi connectivity index (χ3v) is 4.13. The molecule has 1 heterocycles. The number of ether oxygens (including phenoxy) is 1. The van der Waals surface area contributed by atoms with E-state index in [0.29, 0.717) is 13.0 Å². The number of hydrogen-bond donors (Lipinski definition) is 1. The molecule has 1 aromatic carbocycles. The second-order valence-electron chi connectivity index (χ2n) is 4.74. The first kappa shape index (κ1) is 14.0. The lowest BCUT2D eigenvalue weighted by molar-refractivity contribution is -0.153. The summed E-state index contributed by atoms with van der Waals surface area (Å²) in [4.78, 5) is 16.5. The van der Waals surface area contributed by atoms with Crippen LogP contribution in [-0.4, -0.2) is 24.1 Å². The number of fused-ring (bicyclic) bond motifs is 1. The van der Waals surface area contributed by atoms with Gasteiger partial charge in [-0.1, -0.05) is 12.1 Å². The summed E-state index contributed by atoms with van der Waals surface area (Å²) in [5, 5.41) is 0.919. The van der Waals surface area contributed by atoms with Crippen LogP contribution in [0.2, 0.25) is 0 Å². The molecule has 102 valence electrons. The average Bonchev–Trinajstić information content (AvgIpc) is 2.80. The number of esters is 1. The van der Waals surface area contributed by atoms with Crippen molar-refractivity contribution in [2.75, 3.05) is 13.2 Å². The van der Waals surface area contributed by atoms with E-state index in [9.17, 15) is 4.79 Å². The van der Waals surface area contributed by atoms with E-state index < -0.39 is 5.41 Å². The molecule has 1 unspecified atom stereocenters. The van der Waals surface area contributed by atoms with Crippen LogP contribution in [0, 0.1) is 5.41 Å². The van der Waals surface area contributed by atoms with E-state index in [0.717, 1.165) is 15.2 Å². The minimum Gasteiger partial charge on any atom is -0.466 e. The van der Waals surface area contributed by atoms with Gasteiger partial charge in [0.05, 0.1) is 27.2 Å². The number of nitrogens with two attached hydrogens (primary N) is 1. The molecular weight excluding hydrogens is 260 g/mol. The normalized spacial score (nSPS) is 14.3. The lowest BCUT2D eigenvalue weighted by Gasteiger charge is -2.24. The number of benzene rings is 1. The quantitative estimate of drug-likeness (QED) is 0.853. The number of carbonyl (C=O) groups excluding carboxylic acids is 1. The van der Waals surface area contributed by atoms with Crippen LogP contribution in [0.4, 0.5) is 0 Å². The predicted molar refractivity (Wildman–Crippen MR) is 77.1 cm³/mol. The average molecular weight is 278 g/mol. The monoisotopic (exact) mass is 278 g/mol. The molecule has 0 aliphatic carbocycles. The molecule has 5 heteroatoms. The molecule has 1 atom stereocenters. The molecule has 4 nitrogen and oxygen atoms in total. The number of hydrogen-bond acceptors (Lipinski definition) is 5. The van der Waals surface area contributed by atoms with E-state index in [2.05, 4.69) is 4.98 Å². The van der Waals surface area contributed by atoms with Crippen LogP contribution in [0.3, 0.4) is 0 Å². The van der Waals surface area contributed by atoms with Gasteiger partial charge in [-0.25, -0.2) is 4.98 Å². The summed E-state index contributed by atoms with van der Waals surface area (Å²) >= 11 is 1.60. The topological polar surface area (TPSA) is 65.2 Å². The van der Waals surface area contributed by atoms with E-state index in [1.807, 2.05) is 31.2 Å². The van der Waals surface area contributed by atoms with Crippen LogP contribution in [0.15, 0.2) is 24.3 Å². The third kappa shape index (κ3) is 2.93. The van der Waals surface area contributed by atoms with Crippen molar-refractivity contribution in [3.8, 4) is 0 Å². The Hall–Kier alpha value is -1.46. The minimum absolute atomic E-state index is 0.252. The molecule has 0 saturated carbocycles. The molecule has 19 heavy (non-hydrogen) atoms. The fourth-order valence-corrected chi connectivity index (χ4v) is 3.02. The van der Waals surface area contributed by atoms with Gasteiger partial charge >= 0.3 is 5.97 Å². The maximum atomic E-state index is 12.0. The summed E-state index contributed by atoms with van der Waals surface area (Å²) in [5.74, 6) is -0.253. The van der Waals surface area contributed by atoms with E-state index in [1.54, 1.807) is 18.3 Å². The Bertz CT molecular complexity index is 549. The van der Waals surface area contributed by atoms with Gasteiger partial charge in [-0.05, 0) is 26.0 Å². The van der Waals surface area contributed by atoms with Crippen molar-refractivity contribution in [2.45, 2.75) is 20.3 Å². The fraction of sp³-hybridized carbons (Fsp3) is 0.429. The number of thiazole rings is 1. The predicted octanol–water partition coefficient (Wildman–Crippen LogP) is 2.37. The number of para-hydroxylation sites is 1. The Labute approximate surface area is 116 Å². The first-order chi connectivity index (χ1) is 9.09. The van der Waals surface area contributed by atoms with Gasteiger partial charge in [0.25, 0.3) is 0 Å². The van der Waals surface area contributed by atoms with Gasteiger partial charge in [-0.15, -0.1) is 11.3 Å². The number of aromatic nitrogens is 1. The zero-order valence-electron chi connectivity index (χ0n) is 11.2. The van der Waals surface area contributed by atoms with Gasteiger partial charge in [-0.3, -0.25) is 4.79 Å². The fourth-order valence-electron chi connectivity index (χ4n) is 1.86. The Balaban J connectivity index is 2.24. The molecule has 2 rings (SSSR count). The van der Waals surface area contributed by atoms with Crippen molar-refractivity contribution in [1.29, 1.82) is 0 Å². The van der Waals surface area contributed by atoms with Crippen molar-refractivity contribution in [3.63, 3.8) is 0 Å². The van der Waals surface area contributed by atoms with Crippen molar-refractivity contribution in [2.24, 2.45) is 11.1 Å². The van der Waals surface area contributed by atoms with E-state index in [-0.39, 0.29) is 12.5 Å². The van der Waals surface area contributed by atoms with E-state index >= 15 is 0 Å². The largest absolute Gasteiger partial charge is 0.466 e. The number of nitrogens with zero attached hydrogens (tertiary/aromatic N) is 1. The Morgan fingerprint density at radius 3 is 2.84 bits per heavy atom. The maximum absolute atomic E-state index is 12.0. The minimum atomic E-state index is -0.704. The lowest BCUT2D eigenvalue weighted by atomic mass is 9.87. The summed E-state index contributed by atoms with van der Waals surface area (Å²) in [5.41, 5.74) is 6.02. The van der Waals surface area contributed by atoms with Gasteiger partial charge in [0.2, 0.25) is 0 Å². The van der Waals surface area contributed by atoms with Crippen molar-refractivity contribution in [3.05, 3.63) is 29.3 Å². The summed E-state index contributed by atoms with van der Waals surface area (Å²) in [7, 11) is 0. The maximum Gasteiger partial charge on any atom is 0.313 e. The molecule has 0 amide bonds. The van der Waals surface area contributed by atoms with Crippen LogP contribution in [0.25, 0.3) is 10.2 Å². The highest BCUT2D eigenvalue weighted by Gasteiger charge is 2.34. The van der Waals surface area contributed by atoms with Gasteiger partial charge in [0, 0.05) is 13.0 Å². The third-order valence-electron chi connectivity index (χ3n) is 3.10. The molecule has 2 N–H and O–H groups in total. The number of rotatable bonds is 5. The van der Waals surface area contributed by atoms with Crippen LogP contribution in [0.1, 0.15) is 18.9 Å². The summed E-state index contributed by atoms with van der Waals surface area (Å²) < 4.78 is 6.23. The SMILES string of the molecule is CCOC(=O)C(C)(CN)Cc1nc2ccccc2s1. The van der Waals surface area contributed by atoms with Crippen molar-refractivity contribution < 1.29 is 9.53 Å².